The fraction of sp³-hybridized carbons (Fsp3) is 0.500. The zero-order valence-corrected chi connectivity index (χ0v) is 13.0. The van der Waals surface area contributed by atoms with Crippen molar-refractivity contribution in [3.63, 3.8) is 0 Å². The maximum atomic E-state index is 14.2. The molecule has 0 aliphatic rings. The Labute approximate surface area is 123 Å². The van der Waals surface area contributed by atoms with Gasteiger partial charge < -0.3 is 10.5 Å². The minimum absolute atomic E-state index is 0.0684. The number of methoxy groups -OCH3 is 1. The van der Waals surface area contributed by atoms with Gasteiger partial charge in [0.1, 0.15) is 10.7 Å². The van der Waals surface area contributed by atoms with Crippen molar-refractivity contribution in [2.24, 2.45) is 5.73 Å². The Morgan fingerprint density at radius 3 is 2.60 bits per heavy atom. The molecule has 1 aromatic rings. The highest BCUT2D eigenvalue weighted by Gasteiger charge is 2.27. The lowest BCUT2D eigenvalue weighted by molar-refractivity contribution is 0.180. The van der Waals surface area contributed by atoms with Crippen molar-refractivity contribution in [1.82, 2.24) is 4.31 Å². The quantitative estimate of drug-likeness (QED) is 0.826. The topological polar surface area (TPSA) is 72.6 Å². The highest BCUT2D eigenvalue weighted by atomic mass is 35.5. The maximum absolute atomic E-state index is 14.2. The number of sulfonamides is 1. The molecule has 0 unspecified atom stereocenters. The van der Waals surface area contributed by atoms with E-state index in [0.717, 1.165) is 10.4 Å². The summed E-state index contributed by atoms with van der Waals surface area (Å²) in [7, 11) is -2.51. The van der Waals surface area contributed by atoms with E-state index in [4.69, 9.17) is 22.1 Å². The first-order valence-electron chi connectivity index (χ1n) is 6.05. The minimum atomic E-state index is -3.97. The summed E-state index contributed by atoms with van der Waals surface area (Å²) in [6.45, 7) is 2.10. The summed E-state index contributed by atoms with van der Waals surface area (Å²) >= 11 is 5.83. The Morgan fingerprint density at radius 1 is 1.45 bits per heavy atom. The van der Waals surface area contributed by atoms with Crippen LogP contribution in [0.5, 0.6) is 0 Å². The zero-order valence-electron chi connectivity index (χ0n) is 11.4. The Morgan fingerprint density at radius 2 is 2.10 bits per heavy atom. The number of hydrogen-bond acceptors (Lipinski definition) is 4. The van der Waals surface area contributed by atoms with Gasteiger partial charge in [-0.25, -0.2) is 12.8 Å². The van der Waals surface area contributed by atoms with Gasteiger partial charge in [0.2, 0.25) is 10.0 Å². The Hall–Kier alpha value is -0.730. The normalized spacial score (nSPS) is 12.1. The lowest BCUT2D eigenvalue weighted by Gasteiger charge is -2.21. The van der Waals surface area contributed by atoms with Crippen LogP contribution in [0.25, 0.3) is 0 Å². The van der Waals surface area contributed by atoms with Crippen molar-refractivity contribution in [3.05, 3.63) is 28.5 Å². The van der Waals surface area contributed by atoms with Crippen LogP contribution in [-0.4, -0.2) is 39.5 Å². The molecular formula is C12H18ClFN2O3S. The molecule has 0 aliphatic carbocycles. The molecular weight excluding hydrogens is 307 g/mol. The number of halogens is 2. The fourth-order valence-corrected chi connectivity index (χ4v) is 3.61. The van der Waals surface area contributed by atoms with Crippen LogP contribution in [0.15, 0.2) is 17.0 Å². The molecule has 114 valence electrons. The Kier molecular flexibility index (Phi) is 6.35. The first kappa shape index (κ1) is 17.3. The number of nitrogens with two attached hydrogens (primary N) is 1. The molecule has 20 heavy (non-hydrogen) atoms. The van der Waals surface area contributed by atoms with E-state index in [0.29, 0.717) is 0 Å². The molecule has 0 atom stereocenters. The maximum Gasteiger partial charge on any atom is 0.246 e. The van der Waals surface area contributed by atoms with E-state index in [1.807, 2.05) is 0 Å². The molecule has 0 spiro atoms. The molecule has 2 N–H and O–H groups in total. The van der Waals surface area contributed by atoms with Crippen molar-refractivity contribution in [2.75, 3.05) is 26.8 Å². The Bertz CT molecular complexity index is 566. The van der Waals surface area contributed by atoms with Gasteiger partial charge in [-0.05, 0) is 12.1 Å². The number of benzene rings is 1. The second kappa shape index (κ2) is 7.33. The predicted octanol–water partition coefficient (Wildman–Crippen LogP) is 1.59. The number of ether oxygens (including phenoxy) is 1. The largest absolute Gasteiger partial charge is 0.383 e. The SMILES string of the molecule is CCN(CCOC)S(=O)(=O)c1cc(Cl)cc(CN)c1F. The molecule has 0 radical (unpaired) electrons. The van der Waals surface area contributed by atoms with Gasteiger partial charge in [0.05, 0.1) is 6.61 Å². The van der Waals surface area contributed by atoms with Crippen molar-refractivity contribution >= 4 is 21.6 Å². The van der Waals surface area contributed by atoms with Crippen molar-refractivity contribution in [3.8, 4) is 0 Å². The van der Waals surface area contributed by atoms with E-state index >= 15 is 0 Å². The molecule has 0 aliphatic heterocycles. The highest BCUT2D eigenvalue weighted by molar-refractivity contribution is 7.89. The number of likely N-dealkylation sites (N-methyl/N-ethyl adjacent to an activating group) is 1. The molecule has 0 aromatic heterocycles. The first-order chi connectivity index (χ1) is 9.38. The first-order valence-corrected chi connectivity index (χ1v) is 7.87. The smallest absolute Gasteiger partial charge is 0.246 e. The Balaban J connectivity index is 3.30. The van der Waals surface area contributed by atoms with Crippen LogP contribution in [0.2, 0.25) is 5.02 Å². The molecule has 0 amide bonds. The second-order valence-corrected chi connectivity index (χ2v) is 6.41. The predicted molar refractivity (Wildman–Crippen MR) is 75.6 cm³/mol. The van der Waals surface area contributed by atoms with E-state index in [1.165, 1.54) is 13.2 Å². The van der Waals surface area contributed by atoms with Gasteiger partial charge >= 0.3 is 0 Å². The molecule has 0 fully saturated rings. The average Bonchev–Trinajstić information content (AvgIpc) is 2.41. The highest BCUT2D eigenvalue weighted by Crippen LogP contribution is 2.26. The van der Waals surface area contributed by atoms with Crippen LogP contribution in [-0.2, 0) is 21.3 Å². The van der Waals surface area contributed by atoms with Gasteiger partial charge in [0.25, 0.3) is 0 Å². The summed E-state index contributed by atoms with van der Waals surface area (Å²) in [5.41, 5.74) is 5.46. The summed E-state index contributed by atoms with van der Waals surface area (Å²) in [6, 6.07) is 2.42. The molecule has 1 aromatic carbocycles. The van der Waals surface area contributed by atoms with Gasteiger partial charge in [-0.2, -0.15) is 4.31 Å². The fourth-order valence-electron chi connectivity index (χ4n) is 1.73. The number of rotatable bonds is 7. The molecule has 0 saturated carbocycles. The van der Waals surface area contributed by atoms with Gasteiger partial charge in [-0.3, -0.25) is 0 Å². The van der Waals surface area contributed by atoms with Crippen LogP contribution in [0.3, 0.4) is 0 Å². The third-order valence-corrected chi connectivity index (χ3v) is 5.01. The van der Waals surface area contributed by atoms with Crippen LogP contribution in [0.4, 0.5) is 4.39 Å². The van der Waals surface area contributed by atoms with E-state index in [1.54, 1.807) is 6.92 Å². The summed E-state index contributed by atoms with van der Waals surface area (Å²) in [6.07, 6.45) is 0. The van der Waals surface area contributed by atoms with Gasteiger partial charge in [-0.1, -0.05) is 18.5 Å². The standard InChI is InChI=1S/C12H18ClFN2O3S/c1-3-16(4-5-19-2)20(17,18)11-7-10(13)6-9(8-15)12(11)14/h6-7H,3-5,8,15H2,1-2H3. The summed E-state index contributed by atoms with van der Waals surface area (Å²) < 4.78 is 45.1. The summed E-state index contributed by atoms with van der Waals surface area (Å²) in [5, 5.41) is 0.133. The van der Waals surface area contributed by atoms with Crippen LogP contribution in [0, 0.1) is 5.82 Å². The van der Waals surface area contributed by atoms with Gasteiger partial charge in [-0.15, -0.1) is 0 Å². The van der Waals surface area contributed by atoms with E-state index in [9.17, 15) is 12.8 Å². The van der Waals surface area contributed by atoms with E-state index in [-0.39, 0.29) is 36.8 Å². The third-order valence-electron chi connectivity index (χ3n) is 2.81. The van der Waals surface area contributed by atoms with Crippen LogP contribution >= 0.6 is 11.6 Å². The summed E-state index contributed by atoms with van der Waals surface area (Å²) in [4.78, 5) is -0.455. The van der Waals surface area contributed by atoms with E-state index < -0.39 is 20.7 Å². The van der Waals surface area contributed by atoms with Crippen LogP contribution < -0.4 is 5.73 Å². The van der Waals surface area contributed by atoms with Gasteiger partial charge in [0.15, 0.2) is 0 Å². The van der Waals surface area contributed by atoms with Crippen molar-refractivity contribution in [1.29, 1.82) is 0 Å². The minimum Gasteiger partial charge on any atom is -0.383 e. The van der Waals surface area contributed by atoms with Crippen LogP contribution in [0.1, 0.15) is 12.5 Å². The molecule has 0 heterocycles. The van der Waals surface area contributed by atoms with E-state index in [2.05, 4.69) is 0 Å². The summed E-state index contributed by atoms with van der Waals surface area (Å²) in [5.74, 6) is -0.854. The molecule has 0 saturated heterocycles. The second-order valence-electron chi connectivity index (χ2n) is 4.07. The monoisotopic (exact) mass is 324 g/mol. The molecule has 0 bridgehead atoms. The lowest BCUT2D eigenvalue weighted by atomic mass is 10.2. The lowest BCUT2D eigenvalue weighted by Crippen LogP contribution is -2.34. The number of hydrogen-bond donors (Lipinski definition) is 1. The average molecular weight is 325 g/mol. The molecule has 1 rings (SSSR count). The number of nitrogens with zero attached hydrogens (tertiary/aromatic N) is 1. The zero-order chi connectivity index (χ0) is 15.3. The van der Waals surface area contributed by atoms with Gasteiger partial charge in [0, 0.05) is 37.3 Å². The molecule has 8 heteroatoms. The third kappa shape index (κ3) is 3.67. The van der Waals surface area contributed by atoms with Crippen molar-refractivity contribution in [2.45, 2.75) is 18.4 Å². The van der Waals surface area contributed by atoms with Crippen molar-refractivity contribution < 1.29 is 17.5 Å². The molecule has 5 nitrogen and oxygen atoms in total.